The average molecular weight is 233 g/mol. The number of para-hydroxylation sites is 1. The van der Waals surface area contributed by atoms with E-state index >= 15 is 0 Å². The predicted octanol–water partition coefficient (Wildman–Crippen LogP) is 1.54. The molecule has 2 rings (SSSR count). The molecule has 0 fully saturated rings. The normalized spacial score (nSPS) is 10.5. The molecular weight excluding hydrogens is 222 g/mol. The number of nitrogens with one attached hydrogen (secondary N) is 1. The lowest BCUT2D eigenvalue weighted by Crippen LogP contribution is -2.15. The molecule has 0 aliphatic heterocycles. The van der Waals surface area contributed by atoms with E-state index in [9.17, 15) is 9.59 Å². The van der Waals surface area contributed by atoms with Crippen LogP contribution in [0.1, 0.15) is 16.1 Å². The van der Waals surface area contributed by atoms with Gasteiger partial charge >= 0.3 is 5.97 Å². The van der Waals surface area contributed by atoms with Crippen LogP contribution >= 0.6 is 0 Å². The number of aromatic nitrogens is 1. The van der Waals surface area contributed by atoms with E-state index in [1.807, 2.05) is 0 Å². The maximum atomic E-state index is 12.0. The minimum atomic E-state index is -1.16. The zero-order valence-electron chi connectivity index (χ0n) is 9.40. The topological polar surface area (TPSA) is 79.4 Å². The zero-order chi connectivity index (χ0) is 12.6. The summed E-state index contributed by atoms with van der Waals surface area (Å²) in [5.74, 6) is -0.713. The number of rotatable bonds is 2. The Bertz CT molecular complexity index is 657. The highest BCUT2D eigenvalue weighted by Crippen LogP contribution is 2.22. The number of hydrogen-bond donors (Lipinski definition) is 2. The van der Waals surface area contributed by atoms with Crippen molar-refractivity contribution in [1.29, 1.82) is 0 Å². The van der Waals surface area contributed by atoms with Crippen molar-refractivity contribution in [2.24, 2.45) is 0 Å². The third-order valence-electron chi connectivity index (χ3n) is 2.67. The summed E-state index contributed by atoms with van der Waals surface area (Å²) in [6.45, 7) is 1.49. The largest absolute Gasteiger partial charge is 0.495 e. The highest BCUT2D eigenvalue weighted by Gasteiger charge is 2.15. The Morgan fingerprint density at radius 3 is 2.71 bits per heavy atom. The molecule has 5 nitrogen and oxygen atoms in total. The van der Waals surface area contributed by atoms with E-state index in [0.29, 0.717) is 16.7 Å². The summed E-state index contributed by atoms with van der Waals surface area (Å²) in [6.07, 6.45) is 0. The molecule has 0 saturated carbocycles. The molecule has 0 spiro atoms. The van der Waals surface area contributed by atoms with Crippen molar-refractivity contribution in [2.75, 3.05) is 7.11 Å². The summed E-state index contributed by atoms with van der Waals surface area (Å²) < 4.78 is 5.09. The number of pyridine rings is 1. The molecule has 0 radical (unpaired) electrons. The number of fused-ring (bicyclic) bond motifs is 1. The SMILES string of the molecule is COc1cccc2c(=O)c(C)c(C(=O)O)[nH]c12. The number of carbonyl (C=O) groups is 1. The van der Waals surface area contributed by atoms with E-state index in [1.54, 1.807) is 18.2 Å². The van der Waals surface area contributed by atoms with Crippen molar-refractivity contribution < 1.29 is 14.6 Å². The van der Waals surface area contributed by atoms with Crippen LogP contribution in [-0.2, 0) is 0 Å². The molecule has 0 aliphatic rings. The molecule has 0 unspecified atom stereocenters. The summed E-state index contributed by atoms with van der Waals surface area (Å²) in [7, 11) is 1.47. The number of benzene rings is 1. The van der Waals surface area contributed by atoms with Crippen LogP contribution in [0.25, 0.3) is 10.9 Å². The Kier molecular flexibility index (Phi) is 2.59. The van der Waals surface area contributed by atoms with Gasteiger partial charge in [0.25, 0.3) is 0 Å². The third kappa shape index (κ3) is 1.65. The Hall–Kier alpha value is -2.30. The van der Waals surface area contributed by atoms with Gasteiger partial charge in [0.2, 0.25) is 0 Å². The fraction of sp³-hybridized carbons (Fsp3) is 0.167. The molecule has 17 heavy (non-hydrogen) atoms. The van der Waals surface area contributed by atoms with Gasteiger partial charge in [-0.2, -0.15) is 0 Å². The second-order valence-corrected chi connectivity index (χ2v) is 3.64. The molecule has 1 aromatic heterocycles. The standard InChI is InChI=1S/C12H11NO4/c1-6-9(12(15)16)13-10-7(11(6)14)4-3-5-8(10)17-2/h3-5H,1-2H3,(H,13,14)(H,15,16). The van der Waals surface area contributed by atoms with E-state index in [2.05, 4.69) is 4.98 Å². The molecule has 2 aromatic rings. The van der Waals surface area contributed by atoms with Crippen molar-refractivity contribution in [2.45, 2.75) is 6.92 Å². The maximum absolute atomic E-state index is 12.0. The van der Waals surface area contributed by atoms with Crippen LogP contribution in [0.5, 0.6) is 5.75 Å². The number of H-pyrrole nitrogens is 1. The number of ether oxygens (including phenoxy) is 1. The van der Waals surface area contributed by atoms with Gasteiger partial charge in [0.1, 0.15) is 11.4 Å². The Morgan fingerprint density at radius 2 is 2.12 bits per heavy atom. The van der Waals surface area contributed by atoms with Crippen molar-refractivity contribution in [3.63, 3.8) is 0 Å². The van der Waals surface area contributed by atoms with Crippen LogP contribution in [0.3, 0.4) is 0 Å². The quantitative estimate of drug-likeness (QED) is 0.824. The Balaban J connectivity index is 2.96. The Morgan fingerprint density at radius 1 is 1.41 bits per heavy atom. The molecular formula is C12H11NO4. The first-order chi connectivity index (χ1) is 8.06. The van der Waals surface area contributed by atoms with E-state index < -0.39 is 5.97 Å². The second kappa shape index (κ2) is 3.93. The van der Waals surface area contributed by atoms with Crippen molar-refractivity contribution in [3.8, 4) is 5.75 Å². The highest BCUT2D eigenvalue weighted by atomic mass is 16.5. The van der Waals surface area contributed by atoms with Crippen LogP contribution in [0.4, 0.5) is 0 Å². The van der Waals surface area contributed by atoms with E-state index in [0.717, 1.165) is 0 Å². The minimum absolute atomic E-state index is 0.105. The number of methoxy groups -OCH3 is 1. The summed E-state index contributed by atoms with van der Waals surface area (Å²) in [6, 6.07) is 4.99. The molecule has 0 amide bonds. The van der Waals surface area contributed by atoms with E-state index in [1.165, 1.54) is 14.0 Å². The van der Waals surface area contributed by atoms with Gasteiger partial charge in [0.15, 0.2) is 5.43 Å². The van der Waals surface area contributed by atoms with E-state index in [-0.39, 0.29) is 16.7 Å². The highest BCUT2D eigenvalue weighted by molar-refractivity contribution is 5.93. The van der Waals surface area contributed by atoms with Gasteiger partial charge in [-0.25, -0.2) is 4.79 Å². The van der Waals surface area contributed by atoms with Gasteiger partial charge in [-0.3, -0.25) is 4.79 Å². The lowest BCUT2D eigenvalue weighted by atomic mass is 10.1. The monoisotopic (exact) mass is 233 g/mol. The number of carboxylic acid groups (broad SMARTS) is 1. The minimum Gasteiger partial charge on any atom is -0.495 e. The second-order valence-electron chi connectivity index (χ2n) is 3.64. The van der Waals surface area contributed by atoms with Gasteiger partial charge in [0, 0.05) is 10.9 Å². The molecule has 0 bridgehead atoms. The van der Waals surface area contributed by atoms with Gasteiger partial charge in [-0.1, -0.05) is 6.07 Å². The number of aromatic carboxylic acids is 1. The third-order valence-corrected chi connectivity index (χ3v) is 2.67. The molecule has 88 valence electrons. The summed E-state index contributed by atoms with van der Waals surface area (Å²) in [4.78, 5) is 25.7. The summed E-state index contributed by atoms with van der Waals surface area (Å²) in [5, 5.41) is 9.43. The molecule has 1 aromatic carbocycles. The van der Waals surface area contributed by atoms with Gasteiger partial charge in [0.05, 0.1) is 12.6 Å². The summed E-state index contributed by atoms with van der Waals surface area (Å²) >= 11 is 0. The van der Waals surface area contributed by atoms with Gasteiger partial charge < -0.3 is 14.8 Å². The molecule has 0 aliphatic carbocycles. The molecule has 0 saturated heterocycles. The lowest BCUT2D eigenvalue weighted by molar-refractivity contribution is 0.0690. The van der Waals surface area contributed by atoms with Gasteiger partial charge in [-0.05, 0) is 19.1 Å². The molecule has 0 atom stereocenters. The average Bonchev–Trinajstić information content (AvgIpc) is 2.32. The number of hydrogen-bond acceptors (Lipinski definition) is 3. The number of aromatic amines is 1. The first-order valence-corrected chi connectivity index (χ1v) is 4.99. The maximum Gasteiger partial charge on any atom is 0.352 e. The Labute approximate surface area is 96.7 Å². The predicted molar refractivity (Wildman–Crippen MR) is 62.8 cm³/mol. The van der Waals surface area contributed by atoms with Crippen LogP contribution in [0.2, 0.25) is 0 Å². The fourth-order valence-corrected chi connectivity index (χ4v) is 1.77. The first kappa shape index (κ1) is 11.2. The van der Waals surface area contributed by atoms with Crippen LogP contribution in [0, 0.1) is 6.92 Å². The van der Waals surface area contributed by atoms with Gasteiger partial charge in [-0.15, -0.1) is 0 Å². The zero-order valence-corrected chi connectivity index (χ0v) is 9.40. The van der Waals surface area contributed by atoms with Crippen LogP contribution in [-0.4, -0.2) is 23.2 Å². The fourth-order valence-electron chi connectivity index (χ4n) is 1.77. The molecule has 5 heteroatoms. The number of carboxylic acids is 1. The smallest absolute Gasteiger partial charge is 0.352 e. The van der Waals surface area contributed by atoms with Crippen LogP contribution < -0.4 is 10.2 Å². The van der Waals surface area contributed by atoms with Crippen molar-refractivity contribution in [3.05, 3.63) is 39.7 Å². The van der Waals surface area contributed by atoms with Crippen LogP contribution in [0.15, 0.2) is 23.0 Å². The van der Waals surface area contributed by atoms with Crippen molar-refractivity contribution >= 4 is 16.9 Å². The van der Waals surface area contributed by atoms with E-state index in [4.69, 9.17) is 9.84 Å². The molecule has 2 N–H and O–H groups in total. The lowest BCUT2D eigenvalue weighted by Gasteiger charge is -2.08. The summed E-state index contributed by atoms with van der Waals surface area (Å²) in [5.41, 5.74) is 0.198. The first-order valence-electron chi connectivity index (χ1n) is 4.99. The molecule has 1 heterocycles. The van der Waals surface area contributed by atoms with Crippen molar-refractivity contribution in [1.82, 2.24) is 4.98 Å².